The predicted molar refractivity (Wildman–Crippen MR) is 58.2 cm³/mol. The zero-order chi connectivity index (χ0) is 10.1. The smallest absolute Gasteiger partial charge is 0.166 e. The first-order chi connectivity index (χ1) is 6.68. The standard InChI is InChI=1S/C9H9BrN4/c1-6-7(10)3-2-4-8(6)14-5-9(11)12-13-14/h2-5H,11H2,1H3. The largest absolute Gasteiger partial charge is 0.381 e. The van der Waals surface area contributed by atoms with Crippen LogP contribution in [-0.2, 0) is 0 Å². The molecule has 14 heavy (non-hydrogen) atoms. The lowest BCUT2D eigenvalue weighted by molar-refractivity contribution is 0.798. The van der Waals surface area contributed by atoms with Crippen molar-refractivity contribution in [1.82, 2.24) is 15.0 Å². The maximum Gasteiger partial charge on any atom is 0.166 e. The summed E-state index contributed by atoms with van der Waals surface area (Å²) >= 11 is 3.46. The van der Waals surface area contributed by atoms with Gasteiger partial charge in [0.1, 0.15) is 0 Å². The van der Waals surface area contributed by atoms with Crippen molar-refractivity contribution in [3.05, 3.63) is 34.4 Å². The van der Waals surface area contributed by atoms with Gasteiger partial charge in [-0.2, -0.15) is 0 Å². The number of nitrogens with zero attached hydrogens (tertiary/aromatic N) is 3. The molecule has 72 valence electrons. The fourth-order valence-electron chi connectivity index (χ4n) is 1.24. The minimum atomic E-state index is 0.421. The van der Waals surface area contributed by atoms with Gasteiger partial charge in [0, 0.05) is 4.47 Å². The molecule has 4 nitrogen and oxygen atoms in total. The van der Waals surface area contributed by atoms with E-state index in [0.29, 0.717) is 5.82 Å². The maximum atomic E-state index is 5.50. The number of halogens is 1. The minimum absolute atomic E-state index is 0.421. The molecular formula is C9H9BrN4. The molecule has 1 aromatic heterocycles. The van der Waals surface area contributed by atoms with Crippen LogP contribution in [0.2, 0.25) is 0 Å². The van der Waals surface area contributed by atoms with Crippen LogP contribution in [0.15, 0.2) is 28.9 Å². The maximum absolute atomic E-state index is 5.50. The van der Waals surface area contributed by atoms with Gasteiger partial charge in [0.15, 0.2) is 5.82 Å². The Labute approximate surface area is 89.9 Å². The van der Waals surface area contributed by atoms with Crippen LogP contribution in [0.3, 0.4) is 0 Å². The zero-order valence-electron chi connectivity index (χ0n) is 7.61. The average Bonchev–Trinajstić information content (AvgIpc) is 2.57. The number of aromatic nitrogens is 3. The summed E-state index contributed by atoms with van der Waals surface area (Å²) in [4.78, 5) is 0. The lowest BCUT2D eigenvalue weighted by Gasteiger charge is -2.05. The lowest BCUT2D eigenvalue weighted by Crippen LogP contribution is -1.98. The highest BCUT2D eigenvalue weighted by atomic mass is 79.9. The van der Waals surface area contributed by atoms with Crippen LogP contribution >= 0.6 is 15.9 Å². The first-order valence-corrected chi connectivity index (χ1v) is 4.91. The van der Waals surface area contributed by atoms with E-state index in [1.54, 1.807) is 10.9 Å². The summed E-state index contributed by atoms with van der Waals surface area (Å²) in [5, 5.41) is 7.65. The van der Waals surface area contributed by atoms with Crippen molar-refractivity contribution in [3.8, 4) is 5.69 Å². The van der Waals surface area contributed by atoms with Crippen LogP contribution in [0.5, 0.6) is 0 Å². The highest BCUT2D eigenvalue weighted by Gasteiger charge is 2.05. The highest BCUT2D eigenvalue weighted by Crippen LogP contribution is 2.22. The van der Waals surface area contributed by atoms with E-state index in [-0.39, 0.29) is 0 Å². The van der Waals surface area contributed by atoms with Crippen LogP contribution in [0.4, 0.5) is 5.82 Å². The molecule has 0 amide bonds. The third-order valence-electron chi connectivity index (χ3n) is 2.00. The Morgan fingerprint density at radius 1 is 1.43 bits per heavy atom. The van der Waals surface area contributed by atoms with E-state index in [0.717, 1.165) is 15.7 Å². The Morgan fingerprint density at radius 2 is 2.21 bits per heavy atom. The number of hydrogen-bond donors (Lipinski definition) is 1. The number of anilines is 1. The molecule has 0 saturated carbocycles. The summed E-state index contributed by atoms with van der Waals surface area (Å²) in [6.07, 6.45) is 1.69. The molecule has 0 bridgehead atoms. The zero-order valence-corrected chi connectivity index (χ0v) is 9.19. The molecule has 2 rings (SSSR count). The molecule has 5 heteroatoms. The Balaban J connectivity index is 2.57. The Morgan fingerprint density at radius 3 is 2.86 bits per heavy atom. The monoisotopic (exact) mass is 252 g/mol. The van der Waals surface area contributed by atoms with Crippen molar-refractivity contribution in [1.29, 1.82) is 0 Å². The summed E-state index contributed by atoms with van der Waals surface area (Å²) in [7, 11) is 0. The molecule has 1 aromatic carbocycles. The van der Waals surface area contributed by atoms with Crippen molar-refractivity contribution in [2.45, 2.75) is 6.92 Å². The average molecular weight is 253 g/mol. The van der Waals surface area contributed by atoms with E-state index in [1.807, 2.05) is 25.1 Å². The fraction of sp³-hybridized carbons (Fsp3) is 0.111. The Bertz CT molecular complexity index is 464. The van der Waals surface area contributed by atoms with Crippen molar-refractivity contribution < 1.29 is 0 Å². The summed E-state index contributed by atoms with van der Waals surface area (Å²) in [6.45, 7) is 2.01. The molecular weight excluding hydrogens is 244 g/mol. The number of benzene rings is 1. The summed E-state index contributed by atoms with van der Waals surface area (Å²) in [5.41, 5.74) is 7.58. The Hall–Kier alpha value is -1.36. The molecule has 0 aliphatic carbocycles. The normalized spacial score (nSPS) is 10.4. The molecule has 0 fully saturated rings. The molecule has 0 aliphatic heterocycles. The first-order valence-electron chi connectivity index (χ1n) is 4.12. The highest BCUT2D eigenvalue weighted by molar-refractivity contribution is 9.10. The first kappa shape index (κ1) is 9.21. The van der Waals surface area contributed by atoms with Gasteiger partial charge in [-0.3, -0.25) is 0 Å². The number of rotatable bonds is 1. The van der Waals surface area contributed by atoms with Gasteiger partial charge < -0.3 is 5.73 Å². The molecule has 2 aromatic rings. The van der Waals surface area contributed by atoms with Gasteiger partial charge in [-0.15, -0.1) is 5.10 Å². The van der Waals surface area contributed by atoms with E-state index in [4.69, 9.17) is 5.73 Å². The molecule has 1 heterocycles. The van der Waals surface area contributed by atoms with Crippen LogP contribution in [0, 0.1) is 6.92 Å². The van der Waals surface area contributed by atoms with Crippen molar-refractivity contribution in [3.63, 3.8) is 0 Å². The van der Waals surface area contributed by atoms with Gasteiger partial charge in [-0.25, -0.2) is 4.68 Å². The van der Waals surface area contributed by atoms with Crippen molar-refractivity contribution in [2.75, 3.05) is 5.73 Å². The van der Waals surface area contributed by atoms with Crippen LogP contribution < -0.4 is 5.73 Å². The summed E-state index contributed by atoms with van der Waals surface area (Å²) in [6, 6.07) is 5.90. The molecule has 0 aliphatic rings. The van der Waals surface area contributed by atoms with Crippen molar-refractivity contribution in [2.24, 2.45) is 0 Å². The van der Waals surface area contributed by atoms with Gasteiger partial charge >= 0.3 is 0 Å². The van der Waals surface area contributed by atoms with Gasteiger partial charge in [0.2, 0.25) is 0 Å². The van der Waals surface area contributed by atoms with Gasteiger partial charge in [-0.1, -0.05) is 27.2 Å². The van der Waals surface area contributed by atoms with Gasteiger partial charge in [0.25, 0.3) is 0 Å². The second-order valence-electron chi connectivity index (χ2n) is 2.97. The fourth-order valence-corrected chi connectivity index (χ4v) is 1.59. The third-order valence-corrected chi connectivity index (χ3v) is 2.86. The second kappa shape index (κ2) is 3.42. The topological polar surface area (TPSA) is 56.7 Å². The minimum Gasteiger partial charge on any atom is -0.381 e. The molecule has 2 N–H and O–H groups in total. The van der Waals surface area contributed by atoms with Crippen LogP contribution in [0.1, 0.15) is 5.56 Å². The predicted octanol–water partition coefficient (Wildman–Crippen LogP) is 1.92. The van der Waals surface area contributed by atoms with Crippen LogP contribution in [-0.4, -0.2) is 15.0 Å². The number of hydrogen-bond acceptors (Lipinski definition) is 3. The van der Waals surface area contributed by atoms with E-state index < -0.39 is 0 Å². The second-order valence-corrected chi connectivity index (χ2v) is 3.83. The summed E-state index contributed by atoms with van der Waals surface area (Å²) in [5.74, 6) is 0.421. The lowest BCUT2D eigenvalue weighted by atomic mass is 10.2. The third kappa shape index (κ3) is 1.50. The molecule has 0 spiro atoms. The van der Waals surface area contributed by atoms with Crippen molar-refractivity contribution >= 4 is 21.7 Å². The number of nitrogens with two attached hydrogens (primary N) is 1. The van der Waals surface area contributed by atoms with E-state index in [2.05, 4.69) is 26.2 Å². The molecule has 0 atom stereocenters. The van der Waals surface area contributed by atoms with E-state index in [9.17, 15) is 0 Å². The quantitative estimate of drug-likeness (QED) is 0.844. The van der Waals surface area contributed by atoms with Gasteiger partial charge in [-0.05, 0) is 24.6 Å². The SMILES string of the molecule is Cc1c(Br)cccc1-n1cc(N)nn1. The Kier molecular flexibility index (Phi) is 2.25. The van der Waals surface area contributed by atoms with Crippen LogP contribution in [0.25, 0.3) is 5.69 Å². The van der Waals surface area contributed by atoms with E-state index in [1.165, 1.54) is 0 Å². The molecule has 0 saturated heterocycles. The molecule has 0 unspecified atom stereocenters. The van der Waals surface area contributed by atoms with Gasteiger partial charge in [0.05, 0.1) is 11.9 Å². The molecule has 0 radical (unpaired) electrons. The number of nitrogen functional groups attached to an aromatic ring is 1. The van der Waals surface area contributed by atoms with E-state index >= 15 is 0 Å². The summed E-state index contributed by atoms with van der Waals surface area (Å²) < 4.78 is 2.71.